The molecule has 76 valence electrons. The van der Waals surface area contributed by atoms with Gasteiger partial charge < -0.3 is 0 Å². The fourth-order valence-corrected chi connectivity index (χ4v) is 2.96. The third kappa shape index (κ3) is 4.70. The largest absolute Gasteiger partial charge is 0.300 e. The lowest BCUT2D eigenvalue weighted by Gasteiger charge is -2.20. The van der Waals surface area contributed by atoms with Gasteiger partial charge in [-0.2, -0.15) is 11.8 Å². The monoisotopic (exact) mass is 200 g/mol. The minimum Gasteiger partial charge on any atom is -0.300 e. The Morgan fingerprint density at radius 3 is 2.62 bits per heavy atom. The van der Waals surface area contributed by atoms with Crippen LogP contribution in [0.1, 0.15) is 51.9 Å². The lowest BCUT2D eigenvalue weighted by molar-refractivity contribution is -0.120. The number of hydrogen-bond acceptors (Lipinski definition) is 2. The van der Waals surface area contributed by atoms with Gasteiger partial charge in [0.1, 0.15) is 5.78 Å². The fraction of sp³-hybridized carbons (Fsp3) is 0.909. The molecule has 13 heavy (non-hydrogen) atoms. The number of Topliss-reactive ketones (excluding diaryl/α,β-unsaturated/α-hetero) is 1. The Morgan fingerprint density at radius 1 is 1.31 bits per heavy atom. The molecule has 1 nitrogen and oxygen atoms in total. The summed E-state index contributed by atoms with van der Waals surface area (Å²) in [6.45, 7) is 2.24. The van der Waals surface area contributed by atoms with Crippen molar-refractivity contribution in [1.82, 2.24) is 0 Å². The molecule has 1 aliphatic carbocycles. The molecule has 0 unspecified atom stereocenters. The minimum absolute atomic E-state index is 0.477. The van der Waals surface area contributed by atoms with Crippen LogP contribution in [-0.4, -0.2) is 16.8 Å². The molecule has 0 spiro atoms. The first-order valence-electron chi connectivity index (χ1n) is 5.46. The third-order valence-corrected chi connectivity index (χ3v) is 4.06. The predicted octanol–water partition coefficient (Wildman–Crippen LogP) is 3.42. The summed E-state index contributed by atoms with van der Waals surface area (Å²) in [6.07, 6.45) is 7.97. The number of thioether (sulfide) groups is 1. The summed E-state index contributed by atoms with van der Waals surface area (Å²) in [7, 11) is 0. The van der Waals surface area contributed by atoms with Crippen LogP contribution < -0.4 is 0 Å². The van der Waals surface area contributed by atoms with E-state index in [0.29, 0.717) is 5.78 Å². The normalized spacial score (nSPS) is 19.3. The van der Waals surface area contributed by atoms with Crippen molar-refractivity contribution in [2.45, 2.75) is 57.1 Å². The van der Waals surface area contributed by atoms with E-state index < -0.39 is 0 Å². The van der Waals surface area contributed by atoms with Crippen LogP contribution in [-0.2, 0) is 4.79 Å². The van der Waals surface area contributed by atoms with E-state index in [-0.39, 0.29) is 0 Å². The van der Waals surface area contributed by atoms with Gasteiger partial charge in [-0.05, 0) is 25.0 Å². The number of carbonyl (C=O) groups is 1. The van der Waals surface area contributed by atoms with Crippen molar-refractivity contribution in [3.05, 3.63) is 0 Å². The van der Waals surface area contributed by atoms with Crippen LogP contribution in [0.3, 0.4) is 0 Å². The fourth-order valence-electron chi connectivity index (χ4n) is 1.68. The van der Waals surface area contributed by atoms with Crippen molar-refractivity contribution in [2.24, 2.45) is 0 Å². The lowest BCUT2D eigenvalue weighted by atomic mass is 9.99. The van der Waals surface area contributed by atoms with E-state index in [2.05, 4.69) is 18.7 Å². The Balaban J connectivity index is 1.99. The molecule has 2 heteroatoms. The van der Waals surface area contributed by atoms with Gasteiger partial charge in [0, 0.05) is 18.1 Å². The van der Waals surface area contributed by atoms with Gasteiger partial charge in [0.05, 0.1) is 0 Å². The second-order valence-electron chi connectivity index (χ2n) is 3.82. The average molecular weight is 200 g/mol. The van der Waals surface area contributed by atoms with Crippen LogP contribution in [0.25, 0.3) is 0 Å². The topological polar surface area (TPSA) is 17.1 Å². The average Bonchev–Trinajstić information content (AvgIpc) is 2.15. The van der Waals surface area contributed by atoms with E-state index in [4.69, 9.17) is 0 Å². The zero-order valence-electron chi connectivity index (χ0n) is 8.55. The standard InChI is InChI=1S/C11H20OS/c1-2-3-4-9-13-11-7-5-10(12)6-8-11/h11H,2-9H2,1H3. The molecule has 0 saturated heterocycles. The smallest absolute Gasteiger partial charge is 0.132 e. The molecule has 0 aromatic rings. The molecule has 1 fully saturated rings. The summed E-state index contributed by atoms with van der Waals surface area (Å²) >= 11 is 2.09. The van der Waals surface area contributed by atoms with Crippen molar-refractivity contribution in [3.8, 4) is 0 Å². The van der Waals surface area contributed by atoms with E-state index >= 15 is 0 Å². The van der Waals surface area contributed by atoms with Gasteiger partial charge in [0.25, 0.3) is 0 Å². The highest BCUT2D eigenvalue weighted by molar-refractivity contribution is 7.99. The van der Waals surface area contributed by atoms with Gasteiger partial charge in [-0.3, -0.25) is 4.79 Å². The van der Waals surface area contributed by atoms with Crippen LogP contribution in [0.15, 0.2) is 0 Å². The number of rotatable bonds is 5. The molecule has 0 aromatic heterocycles. The molecular weight excluding hydrogens is 180 g/mol. The Labute approximate surface area is 85.7 Å². The Morgan fingerprint density at radius 2 is 2.00 bits per heavy atom. The van der Waals surface area contributed by atoms with Gasteiger partial charge in [-0.15, -0.1) is 0 Å². The number of carbonyl (C=O) groups excluding carboxylic acids is 1. The van der Waals surface area contributed by atoms with E-state index in [1.165, 1.54) is 25.0 Å². The molecule has 0 N–H and O–H groups in total. The van der Waals surface area contributed by atoms with Gasteiger partial charge in [-0.25, -0.2) is 0 Å². The van der Waals surface area contributed by atoms with Crippen molar-refractivity contribution in [2.75, 3.05) is 5.75 Å². The molecule has 0 aromatic carbocycles. The highest BCUT2D eigenvalue weighted by atomic mass is 32.2. The van der Waals surface area contributed by atoms with E-state index in [1.807, 2.05) is 0 Å². The SMILES string of the molecule is CCCCCSC1CCC(=O)CC1. The van der Waals surface area contributed by atoms with Crippen molar-refractivity contribution < 1.29 is 4.79 Å². The van der Waals surface area contributed by atoms with Crippen LogP contribution >= 0.6 is 11.8 Å². The summed E-state index contributed by atoms with van der Waals surface area (Å²) in [5.41, 5.74) is 0. The zero-order chi connectivity index (χ0) is 9.52. The third-order valence-electron chi connectivity index (χ3n) is 2.59. The first kappa shape index (κ1) is 11.1. The predicted molar refractivity (Wildman–Crippen MR) is 59.2 cm³/mol. The maximum Gasteiger partial charge on any atom is 0.132 e. The molecule has 0 heterocycles. The van der Waals surface area contributed by atoms with Crippen LogP contribution in [0.5, 0.6) is 0 Å². The van der Waals surface area contributed by atoms with Gasteiger partial charge in [-0.1, -0.05) is 19.8 Å². The molecular formula is C11H20OS. The quantitative estimate of drug-likeness (QED) is 0.633. The van der Waals surface area contributed by atoms with E-state index in [0.717, 1.165) is 30.9 Å². The first-order chi connectivity index (χ1) is 6.33. The van der Waals surface area contributed by atoms with Crippen LogP contribution in [0, 0.1) is 0 Å². The van der Waals surface area contributed by atoms with Gasteiger partial charge in [0.2, 0.25) is 0 Å². The number of ketones is 1. The Bertz CT molecular complexity index is 146. The van der Waals surface area contributed by atoms with Crippen molar-refractivity contribution >= 4 is 17.5 Å². The summed E-state index contributed by atoms with van der Waals surface area (Å²) in [6, 6.07) is 0. The molecule has 1 aliphatic rings. The maximum absolute atomic E-state index is 11.0. The van der Waals surface area contributed by atoms with Gasteiger partial charge in [0.15, 0.2) is 0 Å². The number of hydrogen-bond donors (Lipinski definition) is 0. The molecule has 0 aliphatic heterocycles. The lowest BCUT2D eigenvalue weighted by Crippen LogP contribution is -2.15. The molecule has 0 amide bonds. The number of unbranched alkanes of at least 4 members (excludes halogenated alkanes) is 2. The van der Waals surface area contributed by atoms with Crippen molar-refractivity contribution in [1.29, 1.82) is 0 Å². The molecule has 0 atom stereocenters. The van der Waals surface area contributed by atoms with Gasteiger partial charge >= 0.3 is 0 Å². The molecule has 1 rings (SSSR count). The summed E-state index contributed by atoms with van der Waals surface area (Å²) < 4.78 is 0. The summed E-state index contributed by atoms with van der Waals surface area (Å²) in [4.78, 5) is 11.0. The summed E-state index contributed by atoms with van der Waals surface area (Å²) in [5, 5.41) is 0.787. The Hall–Kier alpha value is 0.0200. The van der Waals surface area contributed by atoms with E-state index in [1.54, 1.807) is 0 Å². The van der Waals surface area contributed by atoms with Crippen LogP contribution in [0.2, 0.25) is 0 Å². The van der Waals surface area contributed by atoms with Crippen molar-refractivity contribution in [3.63, 3.8) is 0 Å². The Kier molecular flexibility index (Phi) is 5.52. The zero-order valence-corrected chi connectivity index (χ0v) is 9.37. The first-order valence-corrected chi connectivity index (χ1v) is 6.51. The molecule has 1 saturated carbocycles. The highest BCUT2D eigenvalue weighted by Gasteiger charge is 2.18. The highest BCUT2D eigenvalue weighted by Crippen LogP contribution is 2.27. The molecule has 0 bridgehead atoms. The molecule has 0 radical (unpaired) electrons. The second kappa shape index (κ2) is 6.47. The van der Waals surface area contributed by atoms with E-state index in [9.17, 15) is 4.79 Å². The van der Waals surface area contributed by atoms with Crippen LogP contribution in [0.4, 0.5) is 0 Å². The minimum atomic E-state index is 0.477. The maximum atomic E-state index is 11.0. The second-order valence-corrected chi connectivity index (χ2v) is 5.22. The summed E-state index contributed by atoms with van der Waals surface area (Å²) in [5.74, 6) is 1.78.